The summed E-state index contributed by atoms with van der Waals surface area (Å²) < 4.78 is 0. The largest absolute Gasteiger partial charge is 0.351 e. The summed E-state index contributed by atoms with van der Waals surface area (Å²) in [4.78, 5) is 28.8. The molecule has 2 aromatic rings. The Morgan fingerprint density at radius 2 is 1.24 bits per heavy atom. The molecule has 3 rings (SSSR count). The lowest BCUT2D eigenvalue weighted by Gasteiger charge is -2.34. The van der Waals surface area contributed by atoms with Crippen molar-refractivity contribution in [1.29, 1.82) is 0 Å². The highest BCUT2D eigenvalue weighted by Gasteiger charge is 2.22. The van der Waals surface area contributed by atoms with Gasteiger partial charge in [0.1, 0.15) is 0 Å². The van der Waals surface area contributed by atoms with Crippen molar-refractivity contribution < 1.29 is 9.59 Å². The molecule has 29 heavy (non-hydrogen) atoms. The molecule has 2 amide bonds. The van der Waals surface area contributed by atoms with Crippen molar-refractivity contribution in [2.45, 2.75) is 0 Å². The molecule has 1 N–H and O–H groups in total. The number of carbonyl (C=O) groups excluding carboxylic acids is 2. The first-order valence-corrected chi connectivity index (χ1v) is 10.5. The number of nitrogens with zero attached hydrogens (tertiary/aromatic N) is 2. The maximum atomic E-state index is 12.6. The fraction of sp³-hybridized carbons (Fsp3) is 0.300. The molecule has 1 heterocycles. The first-order valence-electron chi connectivity index (χ1n) is 9.04. The Morgan fingerprint density at radius 1 is 0.759 bits per heavy atom. The third kappa shape index (κ3) is 6.24. The van der Waals surface area contributed by atoms with Crippen molar-refractivity contribution in [3.8, 4) is 0 Å². The summed E-state index contributed by atoms with van der Waals surface area (Å²) in [5.74, 6) is -0.304. The van der Waals surface area contributed by atoms with Crippen LogP contribution >= 0.6 is 46.4 Å². The minimum absolute atomic E-state index is 0.0832. The van der Waals surface area contributed by atoms with Gasteiger partial charge >= 0.3 is 0 Å². The van der Waals surface area contributed by atoms with E-state index < -0.39 is 0 Å². The van der Waals surface area contributed by atoms with Crippen LogP contribution in [0.1, 0.15) is 20.7 Å². The maximum Gasteiger partial charge on any atom is 0.254 e. The zero-order valence-corrected chi connectivity index (χ0v) is 18.5. The Hall–Kier alpha value is -1.50. The van der Waals surface area contributed by atoms with E-state index in [9.17, 15) is 9.59 Å². The quantitative estimate of drug-likeness (QED) is 0.694. The number of amides is 2. The summed E-state index contributed by atoms with van der Waals surface area (Å²) in [5.41, 5.74) is 0.918. The van der Waals surface area contributed by atoms with Crippen molar-refractivity contribution in [3.63, 3.8) is 0 Å². The predicted molar refractivity (Wildman–Crippen MR) is 118 cm³/mol. The van der Waals surface area contributed by atoms with Gasteiger partial charge in [-0.1, -0.05) is 46.4 Å². The Kier molecular flexibility index (Phi) is 7.66. The van der Waals surface area contributed by atoms with Gasteiger partial charge in [-0.15, -0.1) is 0 Å². The number of halogens is 4. The smallest absolute Gasteiger partial charge is 0.254 e. The Balaban J connectivity index is 1.45. The molecule has 1 aliphatic rings. The standard InChI is InChI=1S/C20H19Cl4N3O2/c21-15-7-13(8-16(22)11-15)19(28)25-1-2-26-3-5-27(6-4-26)20(29)14-9-17(23)12-18(24)10-14/h7-12H,1-6H2,(H,25,28). The van der Waals surface area contributed by atoms with Crippen LogP contribution in [0.5, 0.6) is 0 Å². The van der Waals surface area contributed by atoms with Crippen LogP contribution < -0.4 is 5.32 Å². The lowest BCUT2D eigenvalue weighted by molar-refractivity contribution is 0.0638. The SMILES string of the molecule is O=C(NCCN1CCN(C(=O)c2cc(Cl)cc(Cl)c2)CC1)c1cc(Cl)cc(Cl)c1. The van der Waals surface area contributed by atoms with Crippen LogP contribution in [0.25, 0.3) is 0 Å². The number of hydrogen-bond acceptors (Lipinski definition) is 3. The summed E-state index contributed by atoms with van der Waals surface area (Å²) >= 11 is 23.8. The minimum atomic E-state index is -0.221. The second-order valence-corrected chi connectivity index (χ2v) is 8.45. The van der Waals surface area contributed by atoms with E-state index in [1.54, 1.807) is 41.3 Å². The van der Waals surface area contributed by atoms with Gasteiger partial charge in [-0.3, -0.25) is 14.5 Å². The van der Waals surface area contributed by atoms with Gasteiger partial charge < -0.3 is 10.2 Å². The summed E-state index contributed by atoms with van der Waals surface area (Å²) in [6.07, 6.45) is 0. The molecule has 0 bridgehead atoms. The first-order chi connectivity index (χ1) is 13.8. The number of benzene rings is 2. The lowest BCUT2D eigenvalue weighted by atomic mass is 10.2. The molecule has 0 aromatic heterocycles. The molecule has 0 unspecified atom stereocenters. The van der Waals surface area contributed by atoms with Crippen LogP contribution in [-0.2, 0) is 0 Å². The fourth-order valence-corrected chi connectivity index (χ4v) is 4.20. The molecule has 9 heteroatoms. The molecule has 0 radical (unpaired) electrons. The number of carbonyl (C=O) groups is 2. The second-order valence-electron chi connectivity index (χ2n) is 6.71. The third-order valence-electron chi connectivity index (χ3n) is 4.61. The molecule has 1 aliphatic heterocycles. The van der Waals surface area contributed by atoms with Crippen molar-refractivity contribution >= 4 is 58.2 Å². The summed E-state index contributed by atoms with van der Waals surface area (Å²) in [7, 11) is 0. The monoisotopic (exact) mass is 473 g/mol. The van der Waals surface area contributed by atoms with Crippen LogP contribution in [0.2, 0.25) is 20.1 Å². The highest BCUT2D eigenvalue weighted by molar-refractivity contribution is 6.35. The van der Waals surface area contributed by atoms with Crippen LogP contribution in [-0.4, -0.2) is 60.9 Å². The molecule has 0 saturated carbocycles. The topological polar surface area (TPSA) is 52.7 Å². The van der Waals surface area contributed by atoms with E-state index >= 15 is 0 Å². The highest BCUT2D eigenvalue weighted by atomic mass is 35.5. The lowest BCUT2D eigenvalue weighted by Crippen LogP contribution is -2.50. The Bertz CT molecular complexity index is 871. The van der Waals surface area contributed by atoms with Gasteiger partial charge in [0.15, 0.2) is 0 Å². The van der Waals surface area contributed by atoms with Crippen LogP contribution in [0, 0.1) is 0 Å². The number of rotatable bonds is 5. The van der Waals surface area contributed by atoms with Crippen molar-refractivity contribution in [2.24, 2.45) is 0 Å². The van der Waals surface area contributed by atoms with Crippen LogP contribution in [0.3, 0.4) is 0 Å². The molecule has 0 spiro atoms. The van der Waals surface area contributed by atoms with E-state index in [1.165, 1.54) is 0 Å². The van der Waals surface area contributed by atoms with Crippen molar-refractivity contribution in [3.05, 3.63) is 67.6 Å². The van der Waals surface area contributed by atoms with Gasteiger partial charge in [-0.25, -0.2) is 0 Å². The summed E-state index contributed by atoms with van der Waals surface area (Å²) in [6, 6.07) is 9.59. The number of hydrogen-bond donors (Lipinski definition) is 1. The molecule has 1 saturated heterocycles. The van der Waals surface area contributed by atoms with Crippen molar-refractivity contribution in [2.75, 3.05) is 39.3 Å². The number of nitrogens with one attached hydrogen (secondary N) is 1. The molecule has 154 valence electrons. The molecule has 2 aromatic carbocycles. The Morgan fingerprint density at radius 3 is 1.76 bits per heavy atom. The average molecular weight is 475 g/mol. The van der Waals surface area contributed by atoms with E-state index in [0.717, 1.165) is 13.1 Å². The summed E-state index contributed by atoms with van der Waals surface area (Å²) in [6.45, 7) is 3.81. The molecule has 1 fully saturated rings. The Labute approximate surface area is 189 Å². The zero-order valence-electron chi connectivity index (χ0n) is 15.4. The fourth-order valence-electron chi connectivity index (χ4n) is 3.15. The molecule has 0 atom stereocenters. The van der Waals surface area contributed by atoms with Gasteiger partial charge in [-0.2, -0.15) is 0 Å². The molecule has 0 aliphatic carbocycles. The maximum absolute atomic E-state index is 12.6. The second kappa shape index (κ2) is 10.0. The van der Waals surface area contributed by atoms with Crippen molar-refractivity contribution in [1.82, 2.24) is 15.1 Å². The normalized spacial score (nSPS) is 14.7. The first kappa shape index (κ1) is 22.2. The number of piperazine rings is 1. The van der Waals surface area contributed by atoms with E-state index in [0.29, 0.717) is 57.4 Å². The summed E-state index contributed by atoms with van der Waals surface area (Å²) in [5, 5.41) is 4.59. The van der Waals surface area contributed by atoms with Gasteiger partial charge in [0.25, 0.3) is 11.8 Å². The molecular formula is C20H19Cl4N3O2. The van der Waals surface area contributed by atoms with E-state index in [-0.39, 0.29) is 11.8 Å². The van der Waals surface area contributed by atoms with Gasteiger partial charge in [0.2, 0.25) is 0 Å². The van der Waals surface area contributed by atoms with E-state index in [4.69, 9.17) is 46.4 Å². The van der Waals surface area contributed by atoms with Gasteiger partial charge in [-0.05, 0) is 36.4 Å². The third-order valence-corrected chi connectivity index (χ3v) is 5.48. The highest BCUT2D eigenvalue weighted by Crippen LogP contribution is 2.21. The molecule has 5 nitrogen and oxygen atoms in total. The zero-order chi connectivity index (χ0) is 21.0. The molecular weight excluding hydrogens is 456 g/mol. The van der Waals surface area contributed by atoms with E-state index in [1.807, 2.05) is 0 Å². The van der Waals surface area contributed by atoms with Gasteiger partial charge in [0.05, 0.1) is 0 Å². The minimum Gasteiger partial charge on any atom is -0.351 e. The van der Waals surface area contributed by atoms with Crippen LogP contribution in [0.15, 0.2) is 36.4 Å². The average Bonchev–Trinajstić information content (AvgIpc) is 2.66. The predicted octanol–water partition coefficient (Wildman–Crippen LogP) is 4.49. The van der Waals surface area contributed by atoms with Crippen LogP contribution in [0.4, 0.5) is 0 Å². The van der Waals surface area contributed by atoms with E-state index in [2.05, 4.69) is 10.2 Å². The van der Waals surface area contributed by atoms with Gasteiger partial charge in [0, 0.05) is 70.5 Å².